The third kappa shape index (κ3) is 2.29. The van der Waals surface area contributed by atoms with E-state index in [1.54, 1.807) is 0 Å². The van der Waals surface area contributed by atoms with E-state index >= 15 is 0 Å². The van der Waals surface area contributed by atoms with Crippen LogP contribution in [0, 0.1) is 6.92 Å². The highest BCUT2D eigenvalue weighted by molar-refractivity contribution is 6.30. The minimum absolute atomic E-state index is 0.240. The van der Waals surface area contributed by atoms with Crippen LogP contribution in [-0.2, 0) is 0 Å². The van der Waals surface area contributed by atoms with Crippen molar-refractivity contribution in [2.75, 3.05) is 0 Å². The molecule has 0 aliphatic rings. The molecule has 35 heavy (non-hydrogen) atoms. The first-order valence-corrected chi connectivity index (χ1v) is 11.9. The van der Waals surface area contributed by atoms with Crippen LogP contribution in [0.15, 0.2) is 91.0 Å². The molecule has 164 valence electrons. The van der Waals surface area contributed by atoms with Crippen LogP contribution in [0.25, 0.3) is 75.8 Å². The fourth-order valence-corrected chi connectivity index (χ4v) is 6.35. The van der Waals surface area contributed by atoms with Gasteiger partial charge in [-0.15, -0.1) is 0 Å². The normalized spacial score (nSPS) is 12.4. The zero-order chi connectivity index (χ0) is 23.4. The van der Waals surface area contributed by atoms with Crippen molar-refractivity contribution in [3.05, 3.63) is 96.6 Å². The molecule has 0 fully saturated rings. The predicted octanol–water partition coefficient (Wildman–Crippen LogP) is 8.87. The van der Waals surface area contributed by atoms with Crippen LogP contribution < -0.4 is 0 Å². The highest BCUT2D eigenvalue weighted by Crippen LogP contribution is 2.50. The number of hydrogen-bond acceptors (Lipinski definition) is 2. The topological polar surface area (TPSA) is 40.5 Å². The van der Waals surface area contributed by atoms with E-state index in [0.29, 0.717) is 0 Å². The summed E-state index contributed by atoms with van der Waals surface area (Å²) in [4.78, 5) is 0. The van der Waals surface area contributed by atoms with Crippen molar-refractivity contribution >= 4 is 64.6 Å². The molecule has 0 aliphatic heterocycles. The summed E-state index contributed by atoms with van der Waals surface area (Å²) in [5.74, 6) is 0.514. The standard InChI is InChI=1S/C33H20O2/c1-17-27(24-14-22-10-8-18-4-2-5-19-9-11-23(15-24)30(22)28(18)19)32-26(34)16-21-7-3-6-20-12-13-25(33(17)35)31(32)29(20)21/h2-16,34-35H,1H3. The first-order chi connectivity index (χ1) is 17.1. The summed E-state index contributed by atoms with van der Waals surface area (Å²) in [5.41, 5.74) is 2.66. The van der Waals surface area contributed by atoms with E-state index in [1.807, 2.05) is 37.3 Å². The SMILES string of the molecule is Cc1c(O)c2ccc3cccc4cc(O)c(c1-c1cc5ccc6cccc7ccc(c1)c5c67)c2c34. The fraction of sp³-hybridized carbons (Fsp3) is 0.0303. The minimum atomic E-state index is 0.240. The first kappa shape index (κ1) is 18.8. The van der Waals surface area contributed by atoms with Crippen LogP contribution in [0.5, 0.6) is 11.5 Å². The van der Waals surface area contributed by atoms with Gasteiger partial charge in [-0.05, 0) is 96.4 Å². The Morgan fingerprint density at radius 2 is 0.971 bits per heavy atom. The van der Waals surface area contributed by atoms with Crippen molar-refractivity contribution in [3.63, 3.8) is 0 Å². The number of rotatable bonds is 1. The van der Waals surface area contributed by atoms with Crippen molar-refractivity contribution in [3.8, 4) is 22.6 Å². The van der Waals surface area contributed by atoms with Crippen molar-refractivity contribution in [2.45, 2.75) is 6.92 Å². The fourth-order valence-electron chi connectivity index (χ4n) is 6.35. The second-order valence-corrected chi connectivity index (χ2v) is 9.69. The van der Waals surface area contributed by atoms with Gasteiger partial charge < -0.3 is 10.2 Å². The molecule has 0 amide bonds. The molecule has 0 unspecified atom stereocenters. The van der Waals surface area contributed by atoms with Gasteiger partial charge in [0.25, 0.3) is 0 Å². The van der Waals surface area contributed by atoms with Gasteiger partial charge in [-0.3, -0.25) is 0 Å². The molecule has 0 heterocycles. The monoisotopic (exact) mass is 448 g/mol. The molecule has 0 spiro atoms. The molecule has 8 rings (SSSR count). The van der Waals surface area contributed by atoms with E-state index in [9.17, 15) is 10.2 Å². The van der Waals surface area contributed by atoms with Gasteiger partial charge in [-0.2, -0.15) is 0 Å². The zero-order valence-corrected chi connectivity index (χ0v) is 19.1. The Morgan fingerprint density at radius 1 is 0.486 bits per heavy atom. The predicted molar refractivity (Wildman–Crippen MR) is 147 cm³/mol. The number of hydrogen-bond donors (Lipinski definition) is 2. The molecule has 8 aromatic rings. The third-order valence-electron chi connectivity index (χ3n) is 7.86. The van der Waals surface area contributed by atoms with E-state index in [2.05, 4.69) is 60.7 Å². The average Bonchev–Trinajstić information content (AvgIpc) is 2.88. The molecule has 0 bridgehead atoms. The summed E-state index contributed by atoms with van der Waals surface area (Å²) in [6.45, 7) is 1.95. The molecule has 0 atom stereocenters. The number of phenols is 2. The number of benzene rings is 8. The third-order valence-corrected chi connectivity index (χ3v) is 7.86. The van der Waals surface area contributed by atoms with E-state index < -0.39 is 0 Å². The molecule has 2 N–H and O–H groups in total. The van der Waals surface area contributed by atoms with Crippen LogP contribution in [0.4, 0.5) is 0 Å². The second kappa shape index (κ2) is 6.31. The summed E-state index contributed by atoms with van der Waals surface area (Å²) in [7, 11) is 0. The molecular formula is C33H20O2. The molecule has 8 aromatic carbocycles. The van der Waals surface area contributed by atoms with Crippen LogP contribution in [-0.4, -0.2) is 10.2 Å². The van der Waals surface area contributed by atoms with Gasteiger partial charge in [0, 0.05) is 16.2 Å². The Morgan fingerprint density at radius 3 is 1.63 bits per heavy atom. The summed E-state index contributed by atoms with van der Waals surface area (Å²) < 4.78 is 0. The minimum Gasteiger partial charge on any atom is -0.507 e. The maximum atomic E-state index is 11.4. The molecule has 0 saturated heterocycles. The summed E-state index contributed by atoms with van der Waals surface area (Å²) in [5, 5.41) is 35.7. The zero-order valence-electron chi connectivity index (χ0n) is 19.1. The summed E-state index contributed by atoms with van der Waals surface area (Å²) >= 11 is 0. The lowest BCUT2D eigenvalue weighted by molar-refractivity contribution is 0.477. The molecular weight excluding hydrogens is 428 g/mol. The van der Waals surface area contributed by atoms with Crippen LogP contribution in [0.1, 0.15) is 5.56 Å². The Balaban J connectivity index is 1.58. The highest BCUT2D eigenvalue weighted by Gasteiger charge is 2.22. The van der Waals surface area contributed by atoms with Gasteiger partial charge in [-0.1, -0.05) is 66.7 Å². The van der Waals surface area contributed by atoms with Gasteiger partial charge in [-0.25, -0.2) is 0 Å². The van der Waals surface area contributed by atoms with E-state index in [-0.39, 0.29) is 11.5 Å². The Kier molecular flexibility index (Phi) is 3.39. The van der Waals surface area contributed by atoms with Crippen LogP contribution in [0.3, 0.4) is 0 Å². The van der Waals surface area contributed by atoms with Gasteiger partial charge in [0.15, 0.2) is 0 Å². The van der Waals surface area contributed by atoms with Gasteiger partial charge in [0.2, 0.25) is 0 Å². The molecule has 0 radical (unpaired) electrons. The lowest BCUT2D eigenvalue weighted by Crippen LogP contribution is -1.93. The molecule has 0 saturated carbocycles. The maximum Gasteiger partial charge on any atom is 0.126 e. The molecule has 2 nitrogen and oxygen atoms in total. The Hall–Kier alpha value is -4.56. The van der Waals surface area contributed by atoms with Crippen LogP contribution >= 0.6 is 0 Å². The van der Waals surface area contributed by atoms with Crippen LogP contribution in [0.2, 0.25) is 0 Å². The lowest BCUT2D eigenvalue weighted by atomic mass is 9.84. The van der Waals surface area contributed by atoms with Gasteiger partial charge in [0.05, 0.1) is 0 Å². The molecule has 0 aromatic heterocycles. The molecule has 2 heteroatoms. The summed E-state index contributed by atoms with van der Waals surface area (Å²) in [6.07, 6.45) is 0. The summed E-state index contributed by atoms with van der Waals surface area (Å²) in [6, 6.07) is 31.5. The highest BCUT2D eigenvalue weighted by atomic mass is 16.3. The van der Waals surface area contributed by atoms with E-state index in [1.165, 1.54) is 21.5 Å². The number of aromatic hydroxyl groups is 2. The van der Waals surface area contributed by atoms with Crippen molar-refractivity contribution in [1.29, 1.82) is 0 Å². The van der Waals surface area contributed by atoms with Gasteiger partial charge in [0.1, 0.15) is 11.5 Å². The average molecular weight is 449 g/mol. The van der Waals surface area contributed by atoms with E-state index in [4.69, 9.17) is 0 Å². The van der Waals surface area contributed by atoms with Crippen molar-refractivity contribution in [2.24, 2.45) is 0 Å². The largest absolute Gasteiger partial charge is 0.507 e. The van der Waals surface area contributed by atoms with Crippen molar-refractivity contribution in [1.82, 2.24) is 0 Å². The lowest BCUT2D eigenvalue weighted by Gasteiger charge is -2.20. The quantitative estimate of drug-likeness (QED) is 0.246. The maximum absolute atomic E-state index is 11.4. The van der Waals surface area contributed by atoms with Crippen molar-refractivity contribution < 1.29 is 10.2 Å². The second-order valence-electron chi connectivity index (χ2n) is 9.69. The Labute approximate surface area is 200 Å². The van der Waals surface area contributed by atoms with Gasteiger partial charge >= 0.3 is 0 Å². The Bertz CT molecular complexity index is 2070. The number of phenolic OH excluding ortho intramolecular Hbond substituents is 2. The van der Waals surface area contributed by atoms with E-state index in [0.717, 1.165) is 59.8 Å². The smallest absolute Gasteiger partial charge is 0.126 e. The molecule has 0 aliphatic carbocycles. The first-order valence-electron chi connectivity index (χ1n) is 11.9.